The minimum atomic E-state index is -5.00. The van der Waals surface area contributed by atoms with Crippen molar-refractivity contribution in [3.05, 3.63) is 18.2 Å². The van der Waals surface area contributed by atoms with Crippen LogP contribution in [-0.4, -0.2) is 44.7 Å². The number of rotatable bonds is 4. The number of halogens is 3. The topological polar surface area (TPSA) is 58.4 Å². The van der Waals surface area contributed by atoms with E-state index in [4.69, 9.17) is 0 Å². The van der Waals surface area contributed by atoms with Crippen molar-refractivity contribution in [2.24, 2.45) is 13.0 Å². The van der Waals surface area contributed by atoms with Crippen molar-refractivity contribution in [3.8, 4) is 0 Å². The molecule has 0 radical (unpaired) electrons. The molecule has 1 saturated carbocycles. The standard InChI is InChI=1S/C16H24F3N3O2/c1-11-5-4-6-12(9-11)22(3)13(23)10-15(24,16(17,18)19)14-20-7-8-21(14)2/h7-8,11-12,24H,4-6,9-10H2,1-3H3. The Bertz CT molecular complexity index is 587. The van der Waals surface area contributed by atoms with E-state index in [-0.39, 0.29) is 6.04 Å². The second-order valence-corrected chi connectivity index (χ2v) is 6.83. The van der Waals surface area contributed by atoms with Crippen LogP contribution in [0.2, 0.25) is 0 Å². The van der Waals surface area contributed by atoms with Gasteiger partial charge in [-0.2, -0.15) is 13.2 Å². The highest BCUT2D eigenvalue weighted by molar-refractivity contribution is 5.77. The summed E-state index contributed by atoms with van der Waals surface area (Å²) in [5, 5.41) is 10.3. The lowest BCUT2D eigenvalue weighted by atomic mass is 9.86. The summed E-state index contributed by atoms with van der Waals surface area (Å²) < 4.78 is 41.6. The quantitative estimate of drug-likeness (QED) is 0.911. The molecule has 3 unspecified atom stereocenters. The summed E-state index contributed by atoms with van der Waals surface area (Å²) in [6, 6.07) is -0.0832. The molecule has 136 valence electrons. The van der Waals surface area contributed by atoms with E-state index in [0.717, 1.165) is 30.3 Å². The van der Waals surface area contributed by atoms with Gasteiger partial charge in [-0.05, 0) is 18.8 Å². The summed E-state index contributed by atoms with van der Waals surface area (Å²) in [4.78, 5) is 17.4. The lowest BCUT2D eigenvalue weighted by Gasteiger charge is -2.36. The van der Waals surface area contributed by atoms with Crippen LogP contribution < -0.4 is 0 Å². The Morgan fingerprint density at radius 3 is 2.62 bits per heavy atom. The predicted molar refractivity (Wildman–Crippen MR) is 82.0 cm³/mol. The maximum Gasteiger partial charge on any atom is 0.425 e. The first-order chi connectivity index (χ1) is 11.1. The number of alkyl halides is 3. The Labute approximate surface area is 139 Å². The van der Waals surface area contributed by atoms with Crippen molar-refractivity contribution in [3.63, 3.8) is 0 Å². The van der Waals surface area contributed by atoms with E-state index in [1.807, 2.05) is 0 Å². The smallest absolute Gasteiger partial charge is 0.374 e. The van der Waals surface area contributed by atoms with Crippen molar-refractivity contribution in [1.82, 2.24) is 14.5 Å². The maximum absolute atomic E-state index is 13.5. The van der Waals surface area contributed by atoms with Crippen LogP contribution in [0.15, 0.2) is 12.4 Å². The third-order valence-corrected chi connectivity index (χ3v) is 4.92. The highest BCUT2D eigenvalue weighted by Gasteiger charge is 2.59. The van der Waals surface area contributed by atoms with Gasteiger partial charge >= 0.3 is 6.18 Å². The third-order valence-electron chi connectivity index (χ3n) is 4.92. The molecule has 0 saturated heterocycles. The molecule has 8 heteroatoms. The zero-order valence-electron chi connectivity index (χ0n) is 14.2. The van der Waals surface area contributed by atoms with Crippen molar-refractivity contribution in [2.45, 2.75) is 56.8 Å². The van der Waals surface area contributed by atoms with Gasteiger partial charge in [0.25, 0.3) is 0 Å². The van der Waals surface area contributed by atoms with Gasteiger partial charge in [-0.1, -0.05) is 19.8 Å². The van der Waals surface area contributed by atoms with Crippen LogP contribution >= 0.6 is 0 Å². The molecular formula is C16H24F3N3O2. The van der Waals surface area contributed by atoms with Crippen LogP contribution in [0.5, 0.6) is 0 Å². The number of amides is 1. The number of imidazole rings is 1. The molecule has 0 bridgehead atoms. The molecule has 5 nitrogen and oxygen atoms in total. The Hall–Kier alpha value is -1.57. The van der Waals surface area contributed by atoms with Crippen LogP contribution in [0.4, 0.5) is 13.2 Å². The summed E-state index contributed by atoms with van der Waals surface area (Å²) in [6.45, 7) is 2.07. The minimum Gasteiger partial charge on any atom is -0.374 e. The second kappa shape index (κ2) is 6.74. The minimum absolute atomic E-state index is 0.0832. The fraction of sp³-hybridized carbons (Fsp3) is 0.750. The first-order valence-electron chi connectivity index (χ1n) is 8.09. The van der Waals surface area contributed by atoms with Crippen molar-refractivity contribution in [1.29, 1.82) is 0 Å². The fourth-order valence-electron chi connectivity index (χ4n) is 3.37. The van der Waals surface area contributed by atoms with Crippen LogP contribution in [-0.2, 0) is 17.4 Å². The average Bonchev–Trinajstić information content (AvgIpc) is 2.91. The normalized spacial score (nSPS) is 24.5. The molecule has 2 rings (SSSR count). The number of carbonyl (C=O) groups is 1. The molecule has 1 heterocycles. The number of aryl methyl sites for hydroxylation is 1. The molecule has 3 atom stereocenters. The van der Waals surface area contributed by atoms with E-state index >= 15 is 0 Å². The van der Waals surface area contributed by atoms with Gasteiger partial charge < -0.3 is 14.6 Å². The van der Waals surface area contributed by atoms with Gasteiger partial charge in [0, 0.05) is 32.5 Å². The summed E-state index contributed by atoms with van der Waals surface area (Å²) in [6.07, 6.45) is -0.0174. The van der Waals surface area contributed by atoms with Gasteiger partial charge in [0.05, 0.1) is 6.42 Å². The second-order valence-electron chi connectivity index (χ2n) is 6.83. The fourth-order valence-corrected chi connectivity index (χ4v) is 3.37. The Balaban J connectivity index is 2.21. The van der Waals surface area contributed by atoms with Crippen LogP contribution in [0.1, 0.15) is 44.9 Å². The predicted octanol–water partition coefficient (Wildman–Crippen LogP) is 2.60. The first kappa shape index (κ1) is 18.8. The van der Waals surface area contributed by atoms with Gasteiger partial charge in [0.1, 0.15) is 0 Å². The molecule has 0 aliphatic heterocycles. The molecule has 0 spiro atoms. The molecule has 1 aromatic rings. The molecule has 1 aliphatic carbocycles. The molecule has 24 heavy (non-hydrogen) atoms. The number of aromatic nitrogens is 2. The molecule has 1 aliphatic rings. The van der Waals surface area contributed by atoms with E-state index in [1.54, 1.807) is 0 Å². The number of hydrogen-bond acceptors (Lipinski definition) is 3. The van der Waals surface area contributed by atoms with Crippen LogP contribution in [0.3, 0.4) is 0 Å². The van der Waals surface area contributed by atoms with E-state index in [0.29, 0.717) is 5.92 Å². The summed E-state index contributed by atoms with van der Waals surface area (Å²) in [5.74, 6) is -0.860. The molecular weight excluding hydrogens is 323 g/mol. The molecule has 1 N–H and O–H groups in total. The van der Waals surface area contributed by atoms with E-state index < -0.39 is 29.9 Å². The highest BCUT2D eigenvalue weighted by Crippen LogP contribution is 2.41. The zero-order valence-corrected chi connectivity index (χ0v) is 14.2. The Morgan fingerprint density at radius 2 is 2.12 bits per heavy atom. The van der Waals surface area contributed by atoms with Gasteiger partial charge in [-0.3, -0.25) is 4.79 Å². The van der Waals surface area contributed by atoms with Crippen molar-refractivity contribution < 1.29 is 23.1 Å². The molecule has 1 amide bonds. The first-order valence-corrected chi connectivity index (χ1v) is 8.09. The van der Waals surface area contributed by atoms with Crippen LogP contribution in [0.25, 0.3) is 0 Å². The van der Waals surface area contributed by atoms with E-state index in [1.165, 1.54) is 31.4 Å². The Morgan fingerprint density at radius 1 is 1.46 bits per heavy atom. The van der Waals surface area contributed by atoms with Gasteiger partial charge in [0.2, 0.25) is 11.5 Å². The van der Waals surface area contributed by atoms with Gasteiger partial charge in [0.15, 0.2) is 5.82 Å². The van der Waals surface area contributed by atoms with E-state index in [2.05, 4.69) is 11.9 Å². The number of carbonyl (C=O) groups excluding carboxylic acids is 1. The van der Waals surface area contributed by atoms with Gasteiger partial charge in [-0.15, -0.1) is 0 Å². The monoisotopic (exact) mass is 347 g/mol. The zero-order chi connectivity index (χ0) is 18.1. The molecule has 0 aromatic carbocycles. The number of nitrogens with zero attached hydrogens (tertiary/aromatic N) is 3. The molecule has 1 aromatic heterocycles. The summed E-state index contributed by atoms with van der Waals surface area (Å²) >= 11 is 0. The third kappa shape index (κ3) is 3.58. The highest BCUT2D eigenvalue weighted by atomic mass is 19.4. The average molecular weight is 347 g/mol. The van der Waals surface area contributed by atoms with Crippen molar-refractivity contribution >= 4 is 5.91 Å². The number of aliphatic hydroxyl groups is 1. The van der Waals surface area contributed by atoms with Crippen LogP contribution in [0, 0.1) is 5.92 Å². The molecule has 1 fully saturated rings. The summed E-state index contributed by atoms with van der Waals surface area (Å²) in [5.41, 5.74) is -3.29. The number of hydrogen-bond donors (Lipinski definition) is 1. The Kier molecular flexibility index (Phi) is 5.27. The lowest BCUT2D eigenvalue weighted by molar-refractivity contribution is -0.272. The SMILES string of the molecule is CC1CCCC(N(C)C(=O)CC(O)(c2nccn2C)C(F)(F)F)C1. The largest absolute Gasteiger partial charge is 0.425 e. The lowest BCUT2D eigenvalue weighted by Crippen LogP contribution is -2.50. The van der Waals surface area contributed by atoms with E-state index in [9.17, 15) is 23.1 Å². The van der Waals surface area contributed by atoms with Gasteiger partial charge in [-0.25, -0.2) is 4.98 Å². The van der Waals surface area contributed by atoms with Crippen molar-refractivity contribution in [2.75, 3.05) is 7.05 Å². The summed E-state index contributed by atoms with van der Waals surface area (Å²) in [7, 11) is 2.87. The maximum atomic E-state index is 13.5.